The quantitative estimate of drug-likeness (QED) is 0.803. The molecule has 20 heavy (non-hydrogen) atoms. The van der Waals surface area contributed by atoms with Gasteiger partial charge in [0.25, 0.3) is 8.32 Å². The smallest absolute Gasteiger partial charge is 0.250 e. The molecule has 0 fully saturated rings. The van der Waals surface area contributed by atoms with Crippen LogP contribution in [-0.4, -0.2) is 20.0 Å². The van der Waals surface area contributed by atoms with Gasteiger partial charge >= 0.3 is 0 Å². The van der Waals surface area contributed by atoms with Crippen LogP contribution in [0.25, 0.3) is 0 Å². The van der Waals surface area contributed by atoms with Crippen LogP contribution < -0.4 is 4.43 Å². The Hall–Kier alpha value is -0.803. The van der Waals surface area contributed by atoms with Crippen molar-refractivity contribution in [1.82, 2.24) is 0 Å². The molecule has 0 heterocycles. The molecule has 0 atom stereocenters. The molecule has 0 aromatic heterocycles. The molecule has 3 heteroatoms. The van der Waals surface area contributed by atoms with Gasteiger partial charge in [-0.25, -0.2) is 0 Å². The van der Waals surface area contributed by atoms with Gasteiger partial charge in [-0.15, -0.1) is 0 Å². The molecule has 0 bridgehead atoms. The summed E-state index contributed by atoms with van der Waals surface area (Å²) >= 11 is 0. The maximum atomic E-state index is 8.94. The van der Waals surface area contributed by atoms with Crippen LogP contribution in [0.3, 0.4) is 0 Å². The highest BCUT2D eigenvalue weighted by Crippen LogP contribution is 2.39. The Labute approximate surface area is 125 Å². The Morgan fingerprint density at radius 3 is 2.00 bits per heavy atom. The molecule has 0 amide bonds. The Bertz CT molecular complexity index is 436. The zero-order valence-corrected chi connectivity index (χ0v) is 15.1. The number of hydrogen-bond donors (Lipinski definition) is 1. The van der Waals surface area contributed by atoms with Crippen molar-refractivity contribution in [3.05, 3.63) is 28.8 Å². The molecule has 0 aliphatic heterocycles. The molecule has 0 saturated heterocycles. The SMILES string of the molecule is Cc1cc(CCCO)cc(C)c1O[Si](C)(C)C(C)(C)C. The van der Waals surface area contributed by atoms with Crippen LogP contribution in [0.2, 0.25) is 18.1 Å². The zero-order valence-electron chi connectivity index (χ0n) is 14.1. The highest BCUT2D eigenvalue weighted by molar-refractivity contribution is 6.74. The Morgan fingerprint density at radius 2 is 1.60 bits per heavy atom. The highest BCUT2D eigenvalue weighted by Gasteiger charge is 2.39. The Kier molecular flexibility index (Phi) is 5.44. The van der Waals surface area contributed by atoms with Gasteiger partial charge in [-0.3, -0.25) is 0 Å². The molecule has 114 valence electrons. The molecule has 0 spiro atoms. The van der Waals surface area contributed by atoms with Gasteiger partial charge < -0.3 is 9.53 Å². The molecular formula is C17H30O2Si. The minimum Gasteiger partial charge on any atom is -0.543 e. The number of aliphatic hydroxyl groups is 1. The summed E-state index contributed by atoms with van der Waals surface area (Å²) in [5.41, 5.74) is 3.71. The molecule has 1 aromatic rings. The van der Waals surface area contributed by atoms with Crippen LogP contribution in [0.15, 0.2) is 12.1 Å². The second kappa shape index (κ2) is 6.31. The third kappa shape index (κ3) is 4.09. The monoisotopic (exact) mass is 294 g/mol. The predicted octanol–water partition coefficient (Wildman–Crippen LogP) is 4.61. The molecule has 0 unspecified atom stereocenters. The molecule has 2 nitrogen and oxygen atoms in total. The number of aliphatic hydroxyl groups excluding tert-OH is 1. The van der Waals surface area contributed by atoms with Crippen LogP contribution >= 0.6 is 0 Å². The summed E-state index contributed by atoms with van der Waals surface area (Å²) in [7, 11) is -1.79. The lowest BCUT2D eigenvalue weighted by atomic mass is 10.0. The van der Waals surface area contributed by atoms with E-state index in [4.69, 9.17) is 9.53 Å². The maximum Gasteiger partial charge on any atom is 0.250 e. The van der Waals surface area contributed by atoms with E-state index in [0.717, 1.165) is 18.6 Å². The predicted molar refractivity (Wildman–Crippen MR) is 89.1 cm³/mol. The number of rotatable bonds is 5. The first-order valence-corrected chi connectivity index (χ1v) is 10.4. The van der Waals surface area contributed by atoms with Crippen molar-refractivity contribution < 1.29 is 9.53 Å². The van der Waals surface area contributed by atoms with Crippen LogP contribution in [0, 0.1) is 13.8 Å². The average molecular weight is 295 g/mol. The van der Waals surface area contributed by atoms with Crippen molar-refractivity contribution in [3.8, 4) is 5.75 Å². The minimum absolute atomic E-state index is 0.210. The molecule has 0 saturated carbocycles. The van der Waals surface area contributed by atoms with Gasteiger partial charge in [0, 0.05) is 6.61 Å². The van der Waals surface area contributed by atoms with Gasteiger partial charge in [0.1, 0.15) is 5.75 Å². The topological polar surface area (TPSA) is 29.5 Å². The molecule has 0 aliphatic rings. The maximum absolute atomic E-state index is 8.94. The summed E-state index contributed by atoms with van der Waals surface area (Å²) in [4.78, 5) is 0. The molecule has 0 aliphatic carbocycles. The fourth-order valence-corrected chi connectivity index (χ4v) is 3.18. The van der Waals surface area contributed by atoms with Gasteiger partial charge in [-0.2, -0.15) is 0 Å². The van der Waals surface area contributed by atoms with E-state index in [1.165, 1.54) is 16.7 Å². The lowest BCUT2D eigenvalue weighted by molar-refractivity contribution is 0.288. The Morgan fingerprint density at radius 1 is 1.10 bits per heavy atom. The summed E-state index contributed by atoms with van der Waals surface area (Å²) in [5.74, 6) is 1.06. The lowest BCUT2D eigenvalue weighted by Crippen LogP contribution is -2.44. The number of hydrogen-bond acceptors (Lipinski definition) is 2. The molecule has 1 rings (SSSR count). The third-order valence-corrected chi connectivity index (χ3v) is 8.63. The van der Waals surface area contributed by atoms with Gasteiger partial charge in [-0.1, -0.05) is 32.9 Å². The van der Waals surface area contributed by atoms with Crippen molar-refractivity contribution >= 4 is 8.32 Å². The molecule has 1 aromatic carbocycles. The molecule has 1 N–H and O–H groups in total. The van der Waals surface area contributed by atoms with E-state index < -0.39 is 8.32 Å². The second-order valence-electron chi connectivity index (χ2n) is 7.25. The third-order valence-electron chi connectivity index (χ3n) is 4.31. The van der Waals surface area contributed by atoms with Crippen LogP contribution in [-0.2, 0) is 6.42 Å². The van der Waals surface area contributed by atoms with E-state index in [9.17, 15) is 0 Å². The van der Waals surface area contributed by atoms with E-state index in [1.807, 2.05) is 0 Å². The molecular weight excluding hydrogens is 264 g/mol. The van der Waals surface area contributed by atoms with E-state index >= 15 is 0 Å². The normalized spacial score (nSPS) is 12.6. The van der Waals surface area contributed by atoms with E-state index in [0.29, 0.717) is 0 Å². The van der Waals surface area contributed by atoms with Gasteiger partial charge in [-0.05, 0) is 61.5 Å². The summed E-state index contributed by atoms with van der Waals surface area (Å²) in [6.07, 6.45) is 1.75. The van der Waals surface area contributed by atoms with Crippen LogP contribution in [0.1, 0.15) is 43.9 Å². The summed E-state index contributed by atoms with van der Waals surface area (Å²) in [6, 6.07) is 4.40. The summed E-state index contributed by atoms with van der Waals surface area (Å²) < 4.78 is 6.48. The largest absolute Gasteiger partial charge is 0.543 e. The fraction of sp³-hybridized carbons (Fsp3) is 0.647. The standard InChI is InChI=1S/C17H30O2Si/c1-13-11-15(9-8-10-18)12-14(2)16(13)19-20(6,7)17(3,4)5/h11-12,18H,8-10H2,1-7H3. The number of benzene rings is 1. The van der Waals surface area contributed by atoms with Gasteiger partial charge in [0.05, 0.1) is 0 Å². The van der Waals surface area contributed by atoms with Crippen molar-refractivity contribution in [2.24, 2.45) is 0 Å². The first-order chi connectivity index (χ1) is 9.08. The fourth-order valence-electron chi connectivity index (χ4n) is 2.04. The first-order valence-electron chi connectivity index (χ1n) is 7.48. The van der Waals surface area contributed by atoms with E-state index in [-0.39, 0.29) is 11.6 Å². The van der Waals surface area contributed by atoms with Gasteiger partial charge in [0.2, 0.25) is 0 Å². The van der Waals surface area contributed by atoms with Gasteiger partial charge in [0.15, 0.2) is 0 Å². The Balaban J connectivity index is 3.03. The van der Waals surface area contributed by atoms with E-state index in [2.05, 4.69) is 59.8 Å². The van der Waals surface area contributed by atoms with Crippen molar-refractivity contribution in [2.75, 3.05) is 6.61 Å². The average Bonchev–Trinajstić information content (AvgIpc) is 2.29. The van der Waals surface area contributed by atoms with E-state index in [1.54, 1.807) is 0 Å². The zero-order chi connectivity index (χ0) is 15.6. The van der Waals surface area contributed by atoms with Crippen molar-refractivity contribution in [2.45, 2.75) is 65.6 Å². The van der Waals surface area contributed by atoms with Crippen LogP contribution in [0.5, 0.6) is 5.75 Å². The summed E-state index contributed by atoms with van der Waals surface area (Å²) in [6.45, 7) is 15.9. The van der Waals surface area contributed by atoms with Crippen LogP contribution in [0.4, 0.5) is 0 Å². The van der Waals surface area contributed by atoms with Crippen molar-refractivity contribution in [3.63, 3.8) is 0 Å². The molecule has 0 radical (unpaired) electrons. The second-order valence-corrected chi connectivity index (χ2v) is 12.0. The van der Waals surface area contributed by atoms with Crippen molar-refractivity contribution in [1.29, 1.82) is 0 Å². The number of aryl methyl sites for hydroxylation is 3. The summed E-state index contributed by atoms with van der Waals surface area (Å²) in [5, 5.41) is 9.15. The first kappa shape index (κ1) is 17.2. The highest BCUT2D eigenvalue weighted by atomic mass is 28.4. The lowest BCUT2D eigenvalue weighted by Gasteiger charge is -2.37. The minimum atomic E-state index is -1.79.